The number of benzene rings is 1. The normalized spacial score (nSPS) is 11.7. The van der Waals surface area contributed by atoms with Gasteiger partial charge in [-0.3, -0.25) is 0 Å². The SMILES string of the molecule is CCNCc1cccc(CS(=O)(=O)NCc2cscn2)c1. The van der Waals surface area contributed by atoms with Gasteiger partial charge in [-0.15, -0.1) is 11.3 Å². The molecule has 0 spiro atoms. The maximum absolute atomic E-state index is 12.1. The van der Waals surface area contributed by atoms with Gasteiger partial charge in [0.15, 0.2) is 0 Å². The lowest BCUT2D eigenvalue weighted by Gasteiger charge is -2.08. The van der Waals surface area contributed by atoms with Gasteiger partial charge in [0.2, 0.25) is 10.0 Å². The lowest BCUT2D eigenvalue weighted by atomic mass is 10.1. The average Bonchev–Trinajstić information content (AvgIpc) is 2.96. The molecule has 1 aromatic carbocycles. The van der Waals surface area contributed by atoms with E-state index in [0.717, 1.165) is 29.9 Å². The number of thiazole rings is 1. The molecule has 0 aliphatic heterocycles. The van der Waals surface area contributed by atoms with Crippen molar-refractivity contribution < 1.29 is 8.42 Å². The van der Waals surface area contributed by atoms with Gasteiger partial charge in [-0.05, 0) is 17.7 Å². The zero-order valence-corrected chi connectivity index (χ0v) is 13.5. The lowest BCUT2D eigenvalue weighted by Crippen LogP contribution is -2.25. The summed E-state index contributed by atoms with van der Waals surface area (Å²) in [5.41, 5.74) is 4.30. The minimum Gasteiger partial charge on any atom is -0.313 e. The summed E-state index contributed by atoms with van der Waals surface area (Å²) in [5.74, 6) is -0.0168. The topological polar surface area (TPSA) is 71.1 Å². The molecule has 5 nitrogen and oxygen atoms in total. The molecule has 0 saturated carbocycles. The Balaban J connectivity index is 1.95. The molecule has 0 aliphatic rings. The summed E-state index contributed by atoms with van der Waals surface area (Å²) < 4.78 is 26.7. The second-order valence-corrected chi connectivity index (χ2v) is 7.19. The van der Waals surface area contributed by atoms with Crippen molar-refractivity contribution in [3.8, 4) is 0 Å². The third kappa shape index (κ3) is 5.55. The predicted molar refractivity (Wildman–Crippen MR) is 85.4 cm³/mol. The van der Waals surface area contributed by atoms with Gasteiger partial charge in [0.05, 0.1) is 23.5 Å². The largest absolute Gasteiger partial charge is 0.313 e. The Bertz CT molecular complexity index is 655. The maximum atomic E-state index is 12.1. The van der Waals surface area contributed by atoms with Crippen LogP contribution >= 0.6 is 11.3 Å². The summed E-state index contributed by atoms with van der Waals surface area (Å²) in [6, 6.07) is 7.63. The Morgan fingerprint density at radius 2 is 2.05 bits per heavy atom. The fourth-order valence-corrected chi connectivity index (χ4v) is 3.52. The van der Waals surface area contributed by atoms with Crippen molar-refractivity contribution >= 4 is 21.4 Å². The molecular formula is C14H19N3O2S2. The Kier molecular flexibility index (Phi) is 5.86. The van der Waals surface area contributed by atoms with E-state index < -0.39 is 10.0 Å². The molecule has 0 atom stereocenters. The van der Waals surface area contributed by atoms with Crippen molar-refractivity contribution in [1.29, 1.82) is 0 Å². The minimum atomic E-state index is -3.35. The molecule has 2 N–H and O–H groups in total. The molecule has 2 aromatic rings. The number of sulfonamides is 1. The average molecular weight is 325 g/mol. The van der Waals surface area contributed by atoms with Crippen LogP contribution in [0.2, 0.25) is 0 Å². The first-order valence-corrected chi connectivity index (χ1v) is 9.31. The Labute approximate surface area is 129 Å². The zero-order chi connectivity index (χ0) is 15.1. The number of hydrogen-bond acceptors (Lipinski definition) is 5. The van der Waals surface area contributed by atoms with E-state index in [1.807, 2.05) is 36.6 Å². The van der Waals surface area contributed by atoms with E-state index in [0.29, 0.717) is 0 Å². The van der Waals surface area contributed by atoms with Gasteiger partial charge in [0, 0.05) is 11.9 Å². The van der Waals surface area contributed by atoms with E-state index in [-0.39, 0.29) is 12.3 Å². The molecule has 21 heavy (non-hydrogen) atoms. The summed E-state index contributed by atoms with van der Waals surface area (Å²) >= 11 is 1.45. The second-order valence-electron chi connectivity index (χ2n) is 4.66. The Morgan fingerprint density at radius 3 is 2.76 bits per heavy atom. The summed E-state index contributed by atoms with van der Waals surface area (Å²) in [7, 11) is -3.35. The number of hydrogen-bond donors (Lipinski definition) is 2. The highest BCUT2D eigenvalue weighted by molar-refractivity contribution is 7.88. The lowest BCUT2D eigenvalue weighted by molar-refractivity contribution is 0.579. The van der Waals surface area contributed by atoms with Gasteiger partial charge in [0.1, 0.15) is 0 Å². The first kappa shape index (κ1) is 16.1. The summed E-state index contributed by atoms with van der Waals surface area (Å²) in [5, 5.41) is 5.06. The standard InChI is InChI=1S/C14H19N3O2S2/c1-2-15-7-12-4-3-5-13(6-12)10-21(18,19)17-8-14-9-20-11-16-14/h3-6,9,11,15,17H,2,7-8,10H2,1H3. The first-order valence-electron chi connectivity index (χ1n) is 6.72. The second kappa shape index (κ2) is 7.65. The fourth-order valence-electron chi connectivity index (χ4n) is 1.88. The van der Waals surface area contributed by atoms with Gasteiger partial charge in [-0.1, -0.05) is 31.2 Å². The van der Waals surface area contributed by atoms with Crippen LogP contribution in [0.4, 0.5) is 0 Å². The van der Waals surface area contributed by atoms with Crippen LogP contribution in [0.25, 0.3) is 0 Å². The molecule has 0 aliphatic carbocycles. The molecule has 0 saturated heterocycles. The van der Waals surface area contributed by atoms with Gasteiger partial charge >= 0.3 is 0 Å². The van der Waals surface area contributed by atoms with Gasteiger partial charge in [-0.2, -0.15) is 0 Å². The fraction of sp³-hybridized carbons (Fsp3) is 0.357. The first-order chi connectivity index (χ1) is 10.1. The molecule has 0 unspecified atom stereocenters. The summed E-state index contributed by atoms with van der Waals surface area (Å²) in [6.07, 6.45) is 0. The molecule has 0 radical (unpaired) electrons. The smallest absolute Gasteiger partial charge is 0.216 e. The van der Waals surface area contributed by atoms with Crippen molar-refractivity contribution in [3.63, 3.8) is 0 Å². The van der Waals surface area contributed by atoms with Crippen LogP contribution in [0.15, 0.2) is 35.2 Å². The van der Waals surface area contributed by atoms with Crippen LogP contribution in [0, 0.1) is 0 Å². The van der Waals surface area contributed by atoms with Crippen LogP contribution in [-0.2, 0) is 28.9 Å². The van der Waals surface area contributed by atoms with Crippen LogP contribution in [-0.4, -0.2) is 19.9 Å². The molecule has 7 heteroatoms. The quantitative estimate of drug-likeness (QED) is 0.777. The molecule has 0 bridgehead atoms. The minimum absolute atomic E-state index is 0.0168. The molecule has 0 fully saturated rings. The van der Waals surface area contributed by atoms with Gasteiger partial charge in [-0.25, -0.2) is 18.1 Å². The van der Waals surface area contributed by atoms with E-state index in [1.165, 1.54) is 11.3 Å². The molecule has 1 heterocycles. The van der Waals surface area contributed by atoms with Crippen LogP contribution < -0.4 is 10.0 Å². The van der Waals surface area contributed by atoms with Crippen molar-refractivity contribution in [3.05, 3.63) is 52.0 Å². The maximum Gasteiger partial charge on any atom is 0.216 e. The molecule has 1 aromatic heterocycles. The van der Waals surface area contributed by atoms with E-state index in [9.17, 15) is 8.42 Å². The number of nitrogens with one attached hydrogen (secondary N) is 2. The predicted octanol–water partition coefficient (Wildman–Crippen LogP) is 1.87. The van der Waals surface area contributed by atoms with E-state index in [4.69, 9.17) is 0 Å². The number of rotatable bonds is 8. The highest BCUT2D eigenvalue weighted by Gasteiger charge is 2.12. The van der Waals surface area contributed by atoms with Gasteiger partial charge in [0.25, 0.3) is 0 Å². The molecule has 114 valence electrons. The van der Waals surface area contributed by atoms with Crippen molar-refractivity contribution in [2.75, 3.05) is 6.54 Å². The van der Waals surface area contributed by atoms with E-state index in [2.05, 4.69) is 15.0 Å². The Hall–Kier alpha value is -1.28. The summed E-state index contributed by atoms with van der Waals surface area (Å²) in [4.78, 5) is 4.06. The van der Waals surface area contributed by atoms with Crippen LogP contribution in [0.5, 0.6) is 0 Å². The van der Waals surface area contributed by atoms with Gasteiger partial charge < -0.3 is 5.32 Å². The summed E-state index contributed by atoms with van der Waals surface area (Å²) in [6.45, 7) is 3.91. The molecular weight excluding hydrogens is 306 g/mol. The van der Waals surface area contributed by atoms with Crippen molar-refractivity contribution in [2.24, 2.45) is 0 Å². The van der Waals surface area contributed by atoms with E-state index in [1.54, 1.807) is 5.51 Å². The number of nitrogens with zero attached hydrogens (tertiary/aromatic N) is 1. The molecule has 0 amide bonds. The van der Waals surface area contributed by atoms with Crippen LogP contribution in [0.1, 0.15) is 23.7 Å². The third-order valence-electron chi connectivity index (χ3n) is 2.88. The van der Waals surface area contributed by atoms with E-state index >= 15 is 0 Å². The third-order valence-corrected chi connectivity index (χ3v) is 4.82. The zero-order valence-electron chi connectivity index (χ0n) is 11.9. The number of aromatic nitrogens is 1. The molecule has 2 rings (SSSR count). The highest BCUT2D eigenvalue weighted by Crippen LogP contribution is 2.09. The van der Waals surface area contributed by atoms with Crippen molar-refractivity contribution in [2.45, 2.75) is 25.8 Å². The monoisotopic (exact) mass is 325 g/mol. The Morgan fingerprint density at radius 1 is 1.24 bits per heavy atom. The van der Waals surface area contributed by atoms with Crippen molar-refractivity contribution in [1.82, 2.24) is 15.0 Å². The highest BCUT2D eigenvalue weighted by atomic mass is 32.2. The van der Waals surface area contributed by atoms with Crippen LogP contribution in [0.3, 0.4) is 0 Å².